The summed E-state index contributed by atoms with van der Waals surface area (Å²) < 4.78 is 10.9. The molecule has 20 heavy (non-hydrogen) atoms. The van der Waals surface area contributed by atoms with Crippen molar-refractivity contribution in [3.8, 4) is 17.4 Å². The Morgan fingerprint density at radius 2 is 2.10 bits per heavy atom. The molecule has 0 aliphatic rings. The van der Waals surface area contributed by atoms with Gasteiger partial charge in [-0.15, -0.1) is 0 Å². The first kappa shape index (κ1) is 13.7. The third-order valence-corrected chi connectivity index (χ3v) is 2.52. The summed E-state index contributed by atoms with van der Waals surface area (Å²) in [5, 5.41) is 8.99. The molecule has 6 nitrogen and oxygen atoms in total. The fourth-order valence-electron chi connectivity index (χ4n) is 1.63. The van der Waals surface area contributed by atoms with Crippen molar-refractivity contribution in [2.45, 2.75) is 6.92 Å². The van der Waals surface area contributed by atoms with Crippen molar-refractivity contribution < 1.29 is 19.4 Å². The zero-order valence-corrected chi connectivity index (χ0v) is 10.9. The number of benzene rings is 1. The van der Waals surface area contributed by atoms with Gasteiger partial charge in [-0.3, -0.25) is 0 Å². The number of carboxylic acid groups (broad SMARTS) is 1. The van der Waals surface area contributed by atoms with Gasteiger partial charge in [0.05, 0.1) is 12.2 Å². The molecule has 0 fully saturated rings. The van der Waals surface area contributed by atoms with Crippen LogP contribution in [-0.4, -0.2) is 22.7 Å². The number of carboxylic acids is 1. The molecule has 1 heterocycles. The zero-order valence-electron chi connectivity index (χ0n) is 10.9. The number of nitrogens with two attached hydrogens (primary N) is 1. The highest BCUT2D eigenvalue weighted by molar-refractivity contribution is 5.94. The highest BCUT2D eigenvalue weighted by atomic mass is 16.5. The second-order valence-electron chi connectivity index (χ2n) is 3.89. The van der Waals surface area contributed by atoms with E-state index in [-0.39, 0.29) is 17.1 Å². The van der Waals surface area contributed by atoms with E-state index in [1.54, 1.807) is 24.3 Å². The number of hydrogen-bond donors (Lipinski definition) is 2. The van der Waals surface area contributed by atoms with E-state index in [1.807, 2.05) is 6.92 Å². The van der Waals surface area contributed by atoms with Crippen molar-refractivity contribution in [3.63, 3.8) is 0 Å². The van der Waals surface area contributed by atoms with Gasteiger partial charge in [-0.05, 0) is 25.1 Å². The molecule has 1 aromatic heterocycles. The maximum atomic E-state index is 11.0. The topological polar surface area (TPSA) is 94.7 Å². The standard InChI is InChI=1S/C14H14N2O4/c1-2-19-9-4-3-5-10(8-9)20-13-12(15)11(14(17)18)6-7-16-13/h3-8H,2,15H2,1H3,(H,17,18). The molecule has 6 heteroatoms. The van der Waals surface area contributed by atoms with Crippen LogP contribution < -0.4 is 15.2 Å². The molecule has 0 spiro atoms. The summed E-state index contributed by atoms with van der Waals surface area (Å²) in [7, 11) is 0. The molecule has 2 aromatic rings. The fourth-order valence-corrected chi connectivity index (χ4v) is 1.63. The van der Waals surface area contributed by atoms with Gasteiger partial charge >= 0.3 is 5.97 Å². The molecular weight excluding hydrogens is 260 g/mol. The quantitative estimate of drug-likeness (QED) is 0.870. The van der Waals surface area contributed by atoms with E-state index >= 15 is 0 Å². The second kappa shape index (κ2) is 5.92. The fraction of sp³-hybridized carbons (Fsp3) is 0.143. The van der Waals surface area contributed by atoms with Crippen molar-refractivity contribution in [1.82, 2.24) is 4.98 Å². The van der Waals surface area contributed by atoms with Gasteiger partial charge in [0.2, 0.25) is 5.88 Å². The molecule has 0 bridgehead atoms. The Labute approximate surface area is 115 Å². The lowest BCUT2D eigenvalue weighted by Gasteiger charge is -2.10. The van der Waals surface area contributed by atoms with Gasteiger partial charge in [0, 0.05) is 12.3 Å². The molecule has 1 aromatic carbocycles. The molecule has 0 atom stereocenters. The summed E-state index contributed by atoms with van der Waals surface area (Å²) in [4.78, 5) is 14.9. The third kappa shape index (κ3) is 2.97. The molecule has 0 saturated heterocycles. The minimum atomic E-state index is -1.13. The second-order valence-corrected chi connectivity index (χ2v) is 3.89. The Morgan fingerprint density at radius 3 is 2.80 bits per heavy atom. The van der Waals surface area contributed by atoms with E-state index in [0.717, 1.165) is 0 Å². The molecule has 0 aliphatic heterocycles. The molecule has 0 aliphatic carbocycles. The normalized spacial score (nSPS) is 10.1. The zero-order chi connectivity index (χ0) is 14.5. The predicted octanol–water partition coefficient (Wildman–Crippen LogP) is 2.55. The van der Waals surface area contributed by atoms with Crippen LogP contribution in [0.25, 0.3) is 0 Å². The summed E-state index contributed by atoms with van der Waals surface area (Å²) in [6.45, 7) is 2.42. The number of aromatic carboxylic acids is 1. The molecule has 3 N–H and O–H groups in total. The maximum Gasteiger partial charge on any atom is 0.338 e. The Kier molecular flexibility index (Phi) is 4.05. The van der Waals surface area contributed by atoms with Gasteiger partial charge in [-0.2, -0.15) is 0 Å². The van der Waals surface area contributed by atoms with Crippen LogP contribution in [0.15, 0.2) is 36.5 Å². The van der Waals surface area contributed by atoms with Gasteiger partial charge in [-0.25, -0.2) is 9.78 Å². The summed E-state index contributed by atoms with van der Waals surface area (Å²) in [6, 6.07) is 8.26. The number of ether oxygens (including phenoxy) is 2. The van der Waals surface area contributed by atoms with E-state index in [1.165, 1.54) is 12.3 Å². The van der Waals surface area contributed by atoms with Gasteiger partial charge in [0.15, 0.2) is 0 Å². The van der Waals surface area contributed by atoms with Gasteiger partial charge in [0.1, 0.15) is 17.2 Å². The number of nitrogen functional groups attached to an aromatic ring is 1. The third-order valence-electron chi connectivity index (χ3n) is 2.52. The van der Waals surface area contributed by atoms with Crippen LogP contribution in [0, 0.1) is 0 Å². The Balaban J connectivity index is 2.28. The average Bonchev–Trinajstić information content (AvgIpc) is 2.42. The van der Waals surface area contributed by atoms with E-state index in [9.17, 15) is 4.79 Å². The predicted molar refractivity (Wildman–Crippen MR) is 73.3 cm³/mol. The number of hydrogen-bond acceptors (Lipinski definition) is 5. The highest BCUT2D eigenvalue weighted by Crippen LogP contribution is 2.29. The van der Waals surface area contributed by atoms with E-state index in [2.05, 4.69) is 4.98 Å². The van der Waals surface area contributed by atoms with E-state index in [0.29, 0.717) is 18.1 Å². The van der Waals surface area contributed by atoms with Gasteiger partial charge in [-0.1, -0.05) is 6.07 Å². The number of rotatable bonds is 5. The number of carbonyl (C=O) groups is 1. The minimum Gasteiger partial charge on any atom is -0.494 e. The molecule has 104 valence electrons. The first-order chi connectivity index (χ1) is 9.61. The van der Waals surface area contributed by atoms with Crippen molar-refractivity contribution in [3.05, 3.63) is 42.1 Å². The number of nitrogens with zero attached hydrogens (tertiary/aromatic N) is 1. The molecule has 0 unspecified atom stereocenters. The highest BCUT2D eigenvalue weighted by Gasteiger charge is 2.14. The van der Waals surface area contributed by atoms with Crippen LogP contribution >= 0.6 is 0 Å². The number of aromatic nitrogens is 1. The SMILES string of the molecule is CCOc1cccc(Oc2nccc(C(=O)O)c2N)c1. The molecule has 2 rings (SSSR count). The smallest absolute Gasteiger partial charge is 0.338 e. The van der Waals surface area contributed by atoms with Crippen molar-refractivity contribution >= 4 is 11.7 Å². The monoisotopic (exact) mass is 274 g/mol. The first-order valence-corrected chi connectivity index (χ1v) is 6.00. The van der Waals surface area contributed by atoms with E-state index in [4.69, 9.17) is 20.3 Å². The molecule has 0 saturated carbocycles. The summed E-state index contributed by atoms with van der Waals surface area (Å²) in [5.41, 5.74) is 5.67. The summed E-state index contributed by atoms with van der Waals surface area (Å²) in [6.07, 6.45) is 1.33. The van der Waals surface area contributed by atoms with Crippen LogP contribution in [0.2, 0.25) is 0 Å². The van der Waals surface area contributed by atoms with E-state index < -0.39 is 5.97 Å². The van der Waals surface area contributed by atoms with Crippen molar-refractivity contribution in [2.24, 2.45) is 0 Å². The van der Waals surface area contributed by atoms with Crippen LogP contribution in [0.5, 0.6) is 17.4 Å². The number of anilines is 1. The van der Waals surface area contributed by atoms with Crippen LogP contribution in [-0.2, 0) is 0 Å². The summed E-state index contributed by atoms with van der Waals surface area (Å²) in [5.74, 6) is 0.0482. The van der Waals surface area contributed by atoms with Crippen molar-refractivity contribution in [2.75, 3.05) is 12.3 Å². The van der Waals surface area contributed by atoms with Gasteiger partial charge in [0.25, 0.3) is 0 Å². The lowest BCUT2D eigenvalue weighted by molar-refractivity contribution is 0.0697. The number of pyridine rings is 1. The Bertz CT molecular complexity index is 628. The van der Waals surface area contributed by atoms with Crippen LogP contribution in [0.3, 0.4) is 0 Å². The molecule has 0 radical (unpaired) electrons. The van der Waals surface area contributed by atoms with Crippen molar-refractivity contribution in [1.29, 1.82) is 0 Å². The lowest BCUT2D eigenvalue weighted by atomic mass is 10.2. The largest absolute Gasteiger partial charge is 0.494 e. The Hall–Kier alpha value is -2.76. The first-order valence-electron chi connectivity index (χ1n) is 6.00. The minimum absolute atomic E-state index is 0.0122. The average molecular weight is 274 g/mol. The molecular formula is C14H14N2O4. The molecule has 0 amide bonds. The Morgan fingerprint density at radius 1 is 1.35 bits per heavy atom. The van der Waals surface area contributed by atoms with Gasteiger partial charge < -0.3 is 20.3 Å². The lowest BCUT2D eigenvalue weighted by Crippen LogP contribution is -2.05. The van der Waals surface area contributed by atoms with Crippen LogP contribution in [0.1, 0.15) is 17.3 Å². The van der Waals surface area contributed by atoms with Crippen LogP contribution in [0.4, 0.5) is 5.69 Å². The summed E-state index contributed by atoms with van der Waals surface area (Å²) >= 11 is 0. The maximum absolute atomic E-state index is 11.0.